The van der Waals surface area contributed by atoms with Gasteiger partial charge in [-0.25, -0.2) is 8.42 Å². The fraction of sp³-hybridized carbons (Fsp3) is 0.333. The summed E-state index contributed by atoms with van der Waals surface area (Å²) in [6, 6.07) is 14.4. The van der Waals surface area contributed by atoms with Gasteiger partial charge >= 0.3 is 0 Å². The summed E-state index contributed by atoms with van der Waals surface area (Å²) in [7, 11) is -3.51. The third-order valence-corrected chi connectivity index (χ3v) is 8.08. The van der Waals surface area contributed by atoms with Gasteiger partial charge in [0.25, 0.3) is 5.22 Å². The molecule has 30 heavy (non-hydrogen) atoms. The first-order chi connectivity index (χ1) is 14.5. The molecule has 1 fully saturated rings. The normalized spacial score (nSPS) is 15.4. The third-order valence-electron chi connectivity index (χ3n) is 5.00. The number of nitrogens with zero attached hydrogens (tertiary/aromatic N) is 3. The number of thioether (sulfide) groups is 1. The smallest absolute Gasteiger partial charge is 0.276 e. The number of hydrogen-bond acceptors (Lipinski definition) is 6. The molecule has 0 aliphatic carbocycles. The van der Waals surface area contributed by atoms with Gasteiger partial charge in [-0.05, 0) is 49.1 Å². The van der Waals surface area contributed by atoms with E-state index in [0.717, 1.165) is 42.0 Å². The van der Waals surface area contributed by atoms with Crippen LogP contribution in [0.15, 0.2) is 63.1 Å². The number of aromatic nitrogens is 2. The highest BCUT2D eigenvalue weighted by atomic mass is 35.5. The minimum absolute atomic E-state index is 0.257. The van der Waals surface area contributed by atoms with Crippen molar-refractivity contribution < 1.29 is 12.8 Å². The van der Waals surface area contributed by atoms with Crippen LogP contribution in [-0.4, -0.2) is 41.8 Å². The Morgan fingerprint density at radius 1 is 1.03 bits per heavy atom. The molecule has 0 atom stereocenters. The second-order valence-corrected chi connectivity index (χ2v) is 10.4. The predicted octanol–water partition coefficient (Wildman–Crippen LogP) is 4.90. The number of piperidine rings is 1. The molecule has 0 amide bonds. The van der Waals surface area contributed by atoms with Gasteiger partial charge in [-0.1, -0.05) is 54.0 Å². The quantitative estimate of drug-likeness (QED) is 0.464. The van der Waals surface area contributed by atoms with Gasteiger partial charge in [-0.3, -0.25) is 0 Å². The molecule has 6 nitrogen and oxygen atoms in total. The summed E-state index contributed by atoms with van der Waals surface area (Å²) >= 11 is 7.63. The van der Waals surface area contributed by atoms with E-state index >= 15 is 0 Å². The molecule has 0 spiro atoms. The fourth-order valence-electron chi connectivity index (χ4n) is 3.38. The van der Waals surface area contributed by atoms with E-state index in [1.54, 1.807) is 28.6 Å². The van der Waals surface area contributed by atoms with E-state index in [4.69, 9.17) is 16.0 Å². The predicted molar refractivity (Wildman–Crippen MR) is 118 cm³/mol. The summed E-state index contributed by atoms with van der Waals surface area (Å²) in [5.74, 6) is 1.06. The lowest BCUT2D eigenvalue weighted by Crippen LogP contribution is -2.35. The Morgan fingerprint density at radius 3 is 2.63 bits per heavy atom. The van der Waals surface area contributed by atoms with Crippen LogP contribution >= 0.6 is 23.4 Å². The molecule has 1 aromatic heterocycles. The van der Waals surface area contributed by atoms with Crippen molar-refractivity contribution in [2.75, 3.05) is 18.8 Å². The molecule has 2 aromatic carbocycles. The van der Waals surface area contributed by atoms with Gasteiger partial charge in [0.05, 0.1) is 4.90 Å². The summed E-state index contributed by atoms with van der Waals surface area (Å²) in [5, 5.41) is 9.37. The summed E-state index contributed by atoms with van der Waals surface area (Å²) in [5.41, 5.74) is 1.67. The van der Waals surface area contributed by atoms with Gasteiger partial charge in [0, 0.05) is 29.4 Å². The molecule has 9 heteroatoms. The Kier molecular flexibility index (Phi) is 6.77. The second-order valence-electron chi connectivity index (χ2n) is 7.06. The van der Waals surface area contributed by atoms with Crippen LogP contribution in [0.3, 0.4) is 0 Å². The maximum Gasteiger partial charge on any atom is 0.276 e. The van der Waals surface area contributed by atoms with Gasteiger partial charge < -0.3 is 4.42 Å². The van der Waals surface area contributed by atoms with Crippen LogP contribution in [-0.2, 0) is 16.4 Å². The SMILES string of the molecule is O=S(=O)(c1cccc(-c2nnc(SCCc3ccccc3Cl)o2)c1)N1CCCCC1. The first-order valence-corrected chi connectivity index (χ1v) is 12.6. The Morgan fingerprint density at radius 2 is 1.83 bits per heavy atom. The highest BCUT2D eigenvalue weighted by Gasteiger charge is 2.26. The summed E-state index contributed by atoms with van der Waals surface area (Å²) in [6.07, 6.45) is 3.66. The first-order valence-electron chi connectivity index (χ1n) is 9.84. The number of sulfonamides is 1. The van der Waals surface area contributed by atoms with Crippen LogP contribution in [0, 0.1) is 0 Å². The molecule has 158 valence electrons. The van der Waals surface area contributed by atoms with Gasteiger partial charge in [0.1, 0.15) is 0 Å². The Labute approximate surface area is 185 Å². The number of benzene rings is 2. The Bertz CT molecular complexity index is 1110. The molecule has 3 aromatic rings. The van der Waals surface area contributed by atoms with Crippen LogP contribution in [0.5, 0.6) is 0 Å². The van der Waals surface area contributed by atoms with Crippen molar-refractivity contribution >= 4 is 33.4 Å². The van der Waals surface area contributed by atoms with Crippen LogP contribution < -0.4 is 0 Å². The molecule has 2 heterocycles. The molecule has 0 bridgehead atoms. The maximum absolute atomic E-state index is 12.9. The van der Waals surface area contributed by atoms with E-state index in [1.165, 1.54) is 11.8 Å². The number of halogens is 1. The summed E-state index contributed by atoms with van der Waals surface area (Å²) < 4.78 is 33.2. The van der Waals surface area contributed by atoms with Crippen LogP contribution in [0.2, 0.25) is 5.02 Å². The van der Waals surface area contributed by atoms with Crippen molar-refractivity contribution in [3.63, 3.8) is 0 Å². The van der Waals surface area contributed by atoms with E-state index in [1.807, 2.05) is 24.3 Å². The van der Waals surface area contributed by atoms with E-state index in [0.29, 0.717) is 29.8 Å². The standard InChI is InChI=1S/C21H22ClN3O3S2/c22-19-10-3-2-7-16(19)11-14-29-21-24-23-20(28-21)17-8-6-9-18(15-17)30(26,27)25-12-4-1-5-13-25/h2-3,6-10,15H,1,4-5,11-14H2. The van der Waals surface area contributed by atoms with Crippen molar-refractivity contribution in [2.45, 2.75) is 35.8 Å². The Hall–Kier alpha value is -1.87. The highest BCUT2D eigenvalue weighted by molar-refractivity contribution is 7.99. The van der Waals surface area contributed by atoms with Crippen molar-refractivity contribution in [1.29, 1.82) is 0 Å². The van der Waals surface area contributed by atoms with Gasteiger partial charge in [0.2, 0.25) is 15.9 Å². The minimum atomic E-state index is -3.51. The molecule has 4 rings (SSSR count). The minimum Gasteiger partial charge on any atom is -0.411 e. The number of hydrogen-bond donors (Lipinski definition) is 0. The second kappa shape index (κ2) is 9.51. The van der Waals surface area contributed by atoms with Crippen molar-refractivity contribution in [3.8, 4) is 11.5 Å². The number of rotatable bonds is 7. The van der Waals surface area contributed by atoms with E-state index < -0.39 is 10.0 Å². The lowest BCUT2D eigenvalue weighted by molar-refractivity contribution is 0.346. The zero-order valence-corrected chi connectivity index (χ0v) is 18.7. The summed E-state index contributed by atoms with van der Waals surface area (Å²) in [6.45, 7) is 1.14. The average Bonchev–Trinajstić information content (AvgIpc) is 3.25. The van der Waals surface area contributed by atoms with Crippen molar-refractivity contribution in [1.82, 2.24) is 14.5 Å². The third kappa shape index (κ3) is 4.88. The molecule has 0 N–H and O–H groups in total. The zero-order chi connectivity index (χ0) is 21.0. The lowest BCUT2D eigenvalue weighted by atomic mass is 10.2. The molecule has 0 unspecified atom stereocenters. The van der Waals surface area contributed by atoms with Crippen molar-refractivity contribution in [2.24, 2.45) is 0 Å². The molecule has 1 aliphatic heterocycles. The number of aryl methyl sites for hydroxylation is 1. The molecule has 1 saturated heterocycles. The Balaban J connectivity index is 1.44. The van der Waals surface area contributed by atoms with E-state index in [2.05, 4.69) is 10.2 Å². The molecule has 0 radical (unpaired) electrons. The maximum atomic E-state index is 12.9. The van der Waals surface area contributed by atoms with Gasteiger partial charge in [0.15, 0.2) is 0 Å². The summed E-state index contributed by atoms with van der Waals surface area (Å²) in [4.78, 5) is 0.257. The first kappa shape index (κ1) is 21.4. The van der Waals surface area contributed by atoms with Crippen LogP contribution in [0.25, 0.3) is 11.5 Å². The van der Waals surface area contributed by atoms with Gasteiger partial charge in [-0.2, -0.15) is 4.31 Å². The lowest BCUT2D eigenvalue weighted by Gasteiger charge is -2.25. The largest absolute Gasteiger partial charge is 0.411 e. The topological polar surface area (TPSA) is 76.3 Å². The fourth-order valence-corrected chi connectivity index (χ4v) is 5.90. The molecule has 1 aliphatic rings. The zero-order valence-electron chi connectivity index (χ0n) is 16.3. The molecular weight excluding hydrogens is 442 g/mol. The van der Waals surface area contributed by atoms with Crippen molar-refractivity contribution in [3.05, 3.63) is 59.1 Å². The molecular formula is C21H22ClN3O3S2. The van der Waals surface area contributed by atoms with Gasteiger partial charge in [-0.15, -0.1) is 10.2 Å². The van der Waals surface area contributed by atoms with Crippen LogP contribution in [0.4, 0.5) is 0 Å². The average molecular weight is 464 g/mol. The highest BCUT2D eigenvalue weighted by Crippen LogP contribution is 2.28. The van der Waals surface area contributed by atoms with E-state index in [9.17, 15) is 8.42 Å². The van der Waals surface area contributed by atoms with E-state index in [-0.39, 0.29) is 4.90 Å². The van der Waals surface area contributed by atoms with Crippen LogP contribution in [0.1, 0.15) is 24.8 Å². The monoisotopic (exact) mass is 463 g/mol. The molecule has 0 saturated carbocycles.